The van der Waals surface area contributed by atoms with Crippen LogP contribution in [0.1, 0.15) is 13.8 Å². The fraction of sp³-hybridized carbons (Fsp3) is 0.833. The quantitative estimate of drug-likeness (QED) is 0.452. The predicted molar refractivity (Wildman–Crippen MR) is 80.4 cm³/mol. The topological polar surface area (TPSA) is 0 Å². The Balaban J connectivity index is 0. The Labute approximate surface area is 108 Å². The second-order valence-corrected chi connectivity index (χ2v) is 13.7. The van der Waals surface area contributed by atoms with Crippen LogP contribution in [0.4, 0.5) is 0 Å². The summed E-state index contributed by atoms with van der Waals surface area (Å²) in [6.45, 7) is 18.2. The summed E-state index contributed by atoms with van der Waals surface area (Å²) < 4.78 is 0. The van der Waals surface area contributed by atoms with Crippen LogP contribution in [-0.4, -0.2) is 33.0 Å². The summed E-state index contributed by atoms with van der Waals surface area (Å²) in [6.07, 6.45) is 0. The van der Waals surface area contributed by atoms with Crippen LogP contribution in [0.3, 0.4) is 0 Å². The van der Waals surface area contributed by atoms with E-state index >= 15 is 0 Å². The van der Waals surface area contributed by atoms with Gasteiger partial charge in [-0.3, -0.25) is 0 Å². The van der Waals surface area contributed by atoms with Gasteiger partial charge in [-0.05, 0) is 0 Å². The normalized spacial score (nSPS) is 14.8. The first-order valence-corrected chi connectivity index (χ1v) is 14.6. The van der Waals surface area contributed by atoms with Crippen molar-refractivity contribution in [2.75, 3.05) is 0 Å². The minimum Gasteiger partial charge on any atom is -0.0715 e. The van der Waals surface area contributed by atoms with Gasteiger partial charge in [0.1, 0.15) is 0 Å². The number of hydrogen-bond acceptors (Lipinski definition) is 0. The Hall–Kier alpha value is 0.717. The van der Waals surface area contributed by atoms with E-state index in [2.05, 4.69) is 53.1 Å². The Morgan fingerprint density at radius 3 is 1.00 bits per heavy atom. The van der Waals surface area contributed by atoms with Crippen LogP contribution < -0.4 is 0 Å². The molecule has 0 unspecified atom stereocenters. The van der Waals surface area contributed by atoms with Crippen LogP contribution in [0.2, 0.25) is 49.8 Å². The maximum absolute atomic E-state index is 2.27. The van der Waals surface area contributed by atoms with Crippen LogP contribution in [0, 0.1) is 0 Å². The van der Waals surface area contributed by atoms with Crippen LogP contribution in [0.15, 0.2) is 11.1 Å². The van der Waals surface area contributed by atoms with Crippen molar-refractivity contribution >= 4 is 33.0 Å². The smallest absolute Gasteiger partial charge is 0.0379 e. The summed E-state index contributed by atoms with van der Waals surface area (Å²) in [7, 11) is 0.241. The van der Waals surface area contributed by atoms with E-state index in [1.165, 1.54) is 10.5 Å². The minimum absolute atomic E-state index is 0.120. The van der Waals surface area contributed by atoms with Gasteiger partial charge in [0, 0.05) is 17.6 Å². The molecule has 1 heterocycles. The summed E-state index contributed by atoms with van der Waals surface area (Å²) in [5, 5.41) is 2.96. The molecular formula is C12H28GeSi2. The molecule has 1 aliphatic rings. The fourth-order valence-electron chi connectivity index (χ4n) is 0.739. The van der Waals surface area contributed by atoms with Crippen molar-refractivity contribution < 1.29 is 0 Å². The Bertz CT molecular complexity index is 151. The largest absolute Gasteiger partial charge is 0.0715 e. The van der Waals surface area contributed by atoms with Crippen LogP contribution >= 0.6 is 0 Å². The van der Waals surface area contributed by atoms with E-state index in [0.717, 1.165) is 0 Å². The SMILES string of the molecule is CC1=C(C)[CH2][Ge][CH2]1.C[Si](C)C.C[Si](C)C. The van der Waals surface area contributed by atoms with E-state index in [4.69, 9.17) is 0 Å². The molecule has 0 spiro atoms. The maximum Gasteiger partial charge on any atom is 0.0379 e. The van der Waals surface area contributed by atoms with E-state index in [-0.39, 0.29) is 17.6 Å². The van der Waals surface area contributed by atoms with Crippen molar-refractivity contribution in [3.05, 3.63) is 11.1 Å². The van der Waals surface area contributed by atoms with E-state index in [1.807, 2.05) is 0 Å². The summed E-state index contributed by atoms with van der Waals surface area (Å²) in [5.41, 5.74) is 3.36. The second-order valence-electron chi connectivity index (χ2n) is 5.16. The van der Waals surface area contributed by atoms with Crippen LogP contribution in [0.5, 0.6) is 0 Å². The molecular weight excluding hydrogens is 273 g/mol. The number of hydrogen-bond donors (Lipinski definition) is 0. The van der Waals surface area contributed by atoms with Gasteiger partial charge in [0.25, 0.3) is 0 Å². The van der Waals surface area contributed by atoms with Gasteiger partial charge in [-0.15, -0.1) is 0 Å². The molecule has 1 rings (SSSR count). The van der Waals surface area contributed by atoms with E-state index in [0.29, 0.717) is 15.4 Å². The van der Waals surface area contributed by atoms with Gasteiger partial charge in [0.05, 0.1) is 0 Å². The van der Waals surface area contributed by atoms with E-state index in [1.54, 1.807) is 11.1 Å². The molecule has 1 aliphatic heterocycles. The molecule has 0 saturated carbocycles. The molecule has 4 radical (unpaired) electrons. The molecule has 0 fully saturated rings. The third-order valence-corrected chi connectivity index (χ3v) is 4.78. The first-order chi connectivity index (χ1) is 6.77. The van der Waals surface area contributed by atoms with Gasteiger partial charge in [-0.25, -0.2) is 0 Å². The number of allylic oxidation sites excluding steroid dienone is 2. The summed E-state index contributed by atoms with van der Waals surface area (Å²) in [5.74, 6) is 0. The molecule has 0 nitrogen and oxygen atoms in total. The monoisotopic (exact) mass is 302 g/mol. The van der Waals surface area contributed by atoms with Gasteiger partial charge in [-0.1, -0.05) is 39.3 Å². The van der Waals surface area contributed by atoms with Gasteiger partial charge in [0.2, 0.25) is 0 Å². The third-order valence-electron chi connectivity index (χ3n) is 1.51. The van der Waals surface area contributed by atoms with Crippen molar-refractivity contribution in [1.82, 2.24) is 0 Å². The molecule has 3 heteroatoms. The molecule has 0 aromatic rings. The van der Waals surface area contributed by atoms with Crippen molar-refractivity contribution in [2.45, 2.75) is 63.6 Å². The van der Waals surface area contributed by atoms with Crippen LogP contribution in [0.25, 0.3) is 0 Å². The van der Waals surface area contributed by atoms with Gasteiger partial charge in [-0.2, -0.15) is 0 Å². The third kappa shape index (κ3) is 20.7. The first kappa shape index (κ1) is 18.1. The predicted octanol–water partition coefficient (Wildman–Crippen LogP) is 4.62. The zero-order valence-electron chi connectivity index (χ0n) is 11.9. The van der Waals surface area contributed by atoms with E-state index in [9.17, 15) is 0 Å². The molecule has 0 N–H and O–H groups in total. The van der Waals surface area contributed by atoms with Crippen molar-refractivity contribution in [3.63, 3.8) is 0 Å². The molecule has 0 aromatic heterocycles. The van der Waals surface area contributed by atoms with Gasteiger partial charge in [0.15, 0.2) is 0 Å². The molecule has 88 valence electrons. The molecule has 0 aromatic carbocycles. The van der Waals surface area contributed by atoms with E-state index < -0.39 is 0 Å². The first-order valence-electron chi connectivity index (χ1n) is 5.66. The average molecular weight is 301 g/mol. The average Bonchev–Trinajstić information content (AvgIpc) is 2.33. The molecule has 0 saturated heterocycles. The molecule has 15 heavy (non-hydrogen) atoms. The summed E-state index contributed by atoms with van der Waals surface area (Å²) in [6, 6.07) is 0. The Morgan fingerprint density at radius 1 is 0.733 bits per heavy atom. The summed E-state index contributed by atoms with van der Waals surface area (Å²) in [4.78, 5) is 0. The Kier molecular flexibility index (Phi) is 13.5. The molecule has 0 amide bonds. The molecule has 0 bridgehead atoms. The van der Waals surface area contributed by atoms with Crippen molar-refractivity contribution in [1.29, 1.82) is 0 Å². The van der Waals surface area contributed by atoms with Crippen molar-refractivity contribution in [3.8, 4) is 0 Å². The second kappa shape index (κ2) is 11.2. The van der Waals surface area contributed by atoms with Gasteiger partial charge < -0.3 is 0 Å². The zero-order valence-corrected chi connectivity index (χ0v) is 16.0. The molecule has 0 atom stereocenters. The standard InChI is InChI=1S/C6H10Ge.2C3H9Si/c1-5-3-7-4-6(5)2;2*1-4(2)3/h3-4H2,1-2H3;2*1-3H3. The minimum atomic E-state index is 0.120. The van der Waals surface area contributed by atoms with Crippen LogP contribution in [-0.2, 0) is 0 Å². The van der Waals surface area contributed by atoms with Gasteiger partial charge >= 0.3 is 50.9 Å². The fourth-order valence-corrected chi connectivity index (χ4v) is 3.84. The Morgan fingerprint density at radius 2 is 0.933 bits per heavy atom. The summed E-state index contributed by atoms with van der Waals surface area (Å²) >= 11 is 0.477. The maximum atomic E-state index is 2.27. The molecule has 0 aliphatic carbocycles. The zero-order chi connectivity index (χ0) is 12.4. The van der Waals surface area contributed by atoms with Crippen molar-refractivity contribution in [2.24, 2.45) is 0 Å². The number of rotatable bonds is 0.